The predicted octanol–water partition coefficient (Wildman–Crippen LogP) is 2.71. The standard InChI is InChI=1S/C14H23FN2O/c1-10(2)17(7-8-18-4)14-6-5-12(11(3)16)9-13(14)15/h5-6,9-11H,7-8,16H2,1-4H3/t11-/m1/s1. The van der Waals surface area contributed by atoms with Crippen molar-refractivity contribution in [2.24, 2.45) is 5.73 Å². The van der Waals surface area contributed by atoms with Crippen LogP contribution < -0.4 is 10.6 Å². The molecule has 0 aliphatic heterocycles. The van der Waals surface area contributed by atoms with E-state index in [9.17, 15) is 4.39 Å². The van der Waals surface area contributed by atoms with E-state index in [0.717, 1.165) is 5.56 Å². The normalized spacial score (nSPS) is 12.8. The fourth-order valence-corrected chi connectivity index (χ4v) is 1.89. The number of nitrogens with two attached hydrogens (primary N) is 1. The molecule has 0 saturated heterocycles. The number of benzene rings is 1. The van der Waals surface area contributed by atoms with Crippen LogP contribution in [0.25, 0.3) is 0 Å². The lowest BCUT2D eigenvalue weighted by atomic mass is 10.1. The van der Waals surface area contributed by atoms with Gasteiger partial charge < -0.3 is 15.4 Å². The second-order valence-corrected chi connectivity index (χ2v) is 4.78. The number of anilines is 1. The van der Waals surface area contributed by atoms with Gasteiger partial charge >= 0.3 is 0 Å². The molecule has 4 heteroatoms. The van der Waals surface area contributed by atoms with Crippen molar-refractivity contribution in [2.75, 3.05) is 25.2 Å². The Balaban J connectivity index is 2.98. The number of rotatable bonds is 6. The van der Waals surface area contributed by atoms with E-state index >= 15 is 0 Å². The van der Waals surface area contributed by atoms with Gasteiger partial charge in [0.2, 0.25) is 0 Å². The van der Waals surface area contributed by atoms with E-state index in [-0.39, 0.29) is 17.9 Å². The molecule has 0 aromatic heterocycles. The molecule has 0 aliphatic carbocycles. The van der Waals surface area contributed by atoms with E-state index < -0.39 is 0 Å². The zero-order chi connectivity index (χ0) is 13.7. The highest BCUT2D eigenvalue weighted by Gasteiger charge is 2.15. The van der Waals surface area contributed by atoms with E-state index in [2.05, 4.69) is 0 Å². The van der Waals surface area contributed by atoms with E-state index in [1.165, 1.54) is 6.07 Å². The van der Waals surface area contributed by atoms with E-state index in [0.29, 0.717) is 18.8 Å². The number of hydrogen-bond donors (Lipinski definition) is 1. The summed E-state index contributed by atoms with van der Waals surface area (Å²) in [5.41, 5.74) is 7.16. The van der Waals surface area contributed by atoms with Crippen molar-refractivity contribution in [1.29, 1.82) is 0 Å². The smallest absolute Gasteiger partial charge is 0.146 e. The maximum absolute atomic E-state index is 14.1. The molecule has 0 saturated carbocycles. The van der Waals surface area contributed by atoms with Crippen LogP contribution in [-0.2, 0) is 4.74 Å². The molecule has 0 aliphatic rings. The first kappa shape index (κ1) is 14.9. The second kappa shape index (κ2) is 6.71. The van der Waals surface area contributed by atoms with Crippen LogP contribution in [0, 0.1) is 5.82 Å². The third-order valence-electron chi connectivity index (χ3n) is 2.97. The SMILES string of the molecule is COCCN(c1ccc([C@@H](C)N)cc1F)C(C)C. The van der Waals surface area contributed by atoms with Gasteiger partial charge in [0.25, 0.3) is 0 Å². The van der Waals surface area contributed by atoms with Crippen molar-refractivity contribution in [3.05, 3.63) is 29.6 Å². The van der Waals surface area contributed by atoms with Crippen molar-refractivity contribution in [1.82, 2.24) is 0 Å². The highest BCUT2D eigenvalue weighted by atomic mass is 19.1. The van der Waals surface area contributed by atoms with Crippen LogP contribution in [0.4, 0.5) is 10.1 Å². The first-order valence-electron chi connectivity index (χ1n) is 6.28. The molecule has 3 nitrogen and oxygen atoms in total. The number of ether oxygens (including phenoxy) is 1. The Morgan fingerprint density at radius 3 is 2.44 bits per heavy atom. The molecule has 102 valence electrons. The molecule has 0 fully saturated rings. The first-order chi connectivity index (χ1) is 8.47. The fraction of sp³-hybridized carbons (Fsp3) is 0.571. The van der Waals surface area contributed by atoms with E-state index in [1.54, 1.807) is 13.2 Å². The number of halogens is 1. The maximum atomic E-state index is 14.1. The molecule has 18 heavy (non-hydrogen) atoms. The summed E-state index contributed by atoms with van der Waals surface area (Å²) in [6, 6.07) is 5.26. The Morgan fingerprint density at radius 1 is 1.33 bits per heavy atom. The molecule has 0 heterocycles. The first-order valence-corrected chi connectivity index (χ1v) is 6.28. The van der Waals surface area contributed by atoms with Gasteiger partial charge in [-0.25, -0.2) is 4.39 Å². The highest BCUT2D eigenvalue weighted by molar-refractivity contribution is 5.50. The molecule has 0 amide bonds. The average Bonchev–Trinajstić information content (AvgIpc) is 2.30. The Hall–Kier alpha value is -1.13. The monoisotopic (exact) mass is 254 g/mol. The number of nitrogens with zero attached hydrogens (tertiary/aromatic N) is 1. The molecule has 0 radical (unpaired) electrons. The molecule has 1 aromatic carbocycles. The lowest BCUT2D eigenvalue weighted by Gasteiger charge is -2.29. The van der Waals surface area contributed by atoms with Crippen LogP contribution in [0.3, 0.4) is 0 Å². The van der Waals surface area contributed by atoms with Crippen molar-refractivity contribution >= 4 is 5.69 Å². The van der Waals surface area contributed by atoms with Crippen LogP contribution in [0.1, 0.15) is 32.4 Å². The summed E-state index contributed by atoms with van der Waals surface area (Å²) in [6.07, 6.45) is 0. The lowest BCUT2D eigenvalue weighted by Crippen LogP contribution is -2.34. The third kappa shape index (κ3) is 3.68. The summed E-state index contributed by atoms with van der Waals surface area (Å²) in [4.78, 5) is 1.99. The van der Waals surface area contributed by atoms with Crippen LogP contribution >= 0.6 is 0 Å². The average molecular weight is 254 g/mol. The van der Waals surface area contributed by atoms with Crippen LogP contribution in [-0.4, -0.2) is 26.3 Å². The zero-order valence-corrected chi connectivity index (χ0v) is 11.6. The Bertz CT molecular complexity index is 380. The molecule has 1 aromatic rings. The Kier molecular flexibility index (Phi) is 5.56. The second-order valence-electron chi connectivity index (χ2n) is 4.78. The molecule has 0 spiro atoms. The summed E-state index contributed by atoms with van der Waals surface area (Å²) >= 11 is 0. The van der Waals surface area contributed by atoms with Crippen molar-refractivity contribution in [2.45, 2.75) is 32.9 Å². The topological polar surface area (TPSA) is 38.5 Å². The zero-order valence-electron chi connectivity index (χ0n) is 11.6. The van der Waals surface area contributed by atoms with Gasteiger partial charge in [-0.3, -0.25) is 0 Å². The molecule has 1 atom stereocenters. The summed E-state index contributed by atoms with van der Waals surface area (Å²) < 4.78 is 19.2. The van der Waals surface area contributed by atoms with Gasteiger partial charge in [0.15, 0.2) is 0 Å². The minimum Gasteiger partial charge on any atom is -0.383 e. The fourth-order valence-electron chi connectivity index (χ4n) is 1.89. The van der Waals surface area contributed by atoms with Gasteiger partial charge in [0, 0.05) is 25.7 Å². The van der Waals surface area contributed by atoms with Gasteiger partial charge in [-0.1, -0.05) is 6.07 Å². The molecular formula is C14H23FN2O. The minimum absolute atomic E-state index is 0.153. The Morgan fingerprint density at radius 2 is 2.00 bits per heavy atom. The van der Waals surface area contributed by atoms with Crippen molar-refractivity contribution in [3.8, 4) is 0 Å². The third-order valence-corrected chi connectivity index (χ3v) is 2.97. The molecule has 0 bridgehead atoms. The minimum atomic E-state index is -0.227. The van der Waals surface area contributed by atoms with Gasteiger partial charge in [0.05, 0.1) is 12.3 Å². The lowest BCUT2D eigenvalue weighted by molar-refractivity contribution is 0.203. The molecule has 0 unspecified atom stereocenters. The summed E-state index contributed by atoms with van der Waals surface area (Å²) in [7, 11) is 1.65. The molecule has 1 rings (SSSR count). The number of hydrogen-bond acceptors (Lipinski definition) is 3. The van der Waals surface area contributed by atoms with Crippen LogP contribution in [0.5, 0.6) is 0 Å². The maximum Gasteiger partial charge on any atom is 0.146 e. The largest absolute Gasteiger partial charge is 0.383 e. The van der Waals surface area contributed by atoms with Gasteiger partial charge in [-0.2, -0.15) is 0 Å². The van der Waals surface area contributed by atoms with Gasteiger partial charge in [0.1, 0.15) is 5.82 Å². The summed E-state index contributed by atoms with van der Waals surface area (Å²) in [5, 5.41) is 0. The predicted molar refractivity (Wildman–Crippen MR) is 73.4 cm³/mol. The highest BCUT2D eigenvalue weighted by Crippen LogP contribution is 2.24. The molecular weight excluding hydrogens is 231 g/mol. The quantitative estimate of drug-likeness (QED) is 0.848. The summed E-state index contributed by atoms with van der Waals surface area (Å²) in [5.74, 6) is -0.227. The van der Waals surface area contributed by atoms with Gasteiger partial charge in [-0.05, 0) is 38.5 Å². The Labute approximate surface area is 109 Å². The molecule has 2 N–H and O–H groups in total. The number of methoxy groups -OCH3 is 1. The van der Waals surface area contributed by atoms with E-state index in [1.807, 2.05) is 31.7 Å². The van der Waals surface area contributed by atoms with Crippen molar-refractivity contribution < 1.29 is 9.13 Å². The van der Waals surface area contributed by atoms with Crippen LogP contribution in [0.2, 0.25) is 0 Å². The van der Waals surface area contributed by atoms with Crippen molar-refractivity contribution in [3.63, 3.8) is 0 Å². The van der Waals surface area contributed by atoms with Crippen LogP contribution in [0.15, 0.2) is 18.2 Å². The van der Waals surface area contributed by atoms with Gasteiger partial charge in [-0.15, -0.1) is 0 Å². The van der Waals surface area contributed by atoms with E-state index in [4.69, 9.17) is 10.5 Å². The summed E-state index contributed by atoms with van der Waals surface area (Å²) in [6.45, 7) is 7.16.